The first-order valence-electron chi connectivity index (χ1n) is 11.1. The number of rotatable bonds is 10. The van der Waals surface area contributed by atoms with E-state index in [0.717, 1.165) is 16.1 Å². The molecule has 0 heterocycles. The van der Waals surface area contributed by atoms with E-state index in [1.165, 1.54) is 18.0 Å². The fraction of sp³-hybridized carbons (Fsp3) is 0.231. The Balaban J connectivity index is 2.05. The molecule has 3 aromatic rings. The number of sulfonamides is 1. The molecule has 0 saturated heterocycles. The largest absolute Gasteiger partial charge is 0.357 e. The monoisotopic (exact) mass is 547 g/mol. The van der Waals surface area contributed by atoms with Crippen molar-refractivity contribution in [1.29, 1.82) is 0 Å². The first-order valence-corrected chi connectivity index (χ1v) is 13.7. The van der Waals surface area contributed by atoms with E-state index >= 15 is 0 Å². The predicted molar refractivity (Wildman–Crippen MR) is 144 cm³/mol. The van der Waals surface area contributed by atoms with Crippen molar-refractivity contribution in [3.05, 3.63) is 100 Å². The molecule has 0 fully saturated rings. The Morgan fingerprint density at radius 2 is 1.47 bits per heavy atom. The molecule has 0 spiro atoms. The number of likely N-dealkylation sites (N-methyl/N-ethyl adjacent to an activating group) is 1. The van der Waals surface area contributed by atoms with Gasteiger partial charge in [0.2, 0.25) is 21.8 Å². The van der Waals surface area contributed by atoms with Gasteiger partial charge in [-0.15, -0.1) is 0 Å². The maximum Gasteiger partial charge on any atom is 0.244 e. The van der Waals surface area contributed by atoms with Crippen LogP contribution in [0, 0.1) is 0 Å². The average molecular weight is 548 g/mol. The first kappa shape index (κ1) is 27.5. The van der Waals surface area contributed by atoms with E-state index in [9.17, 15) is 18.0 Å². The van der Waals surface area contributed by atoms with Crippen molar-refractivity contribution >= 4 is 50.7 Å². The van der Waals surface area contributed by atoms with Gasteiger partial charge in [0.15, 0.2) is 0 Å². The number of benzene rings is 3. The van der Waals surface area contributed by atoms with Crippen molar-refractivity contribution in [2.75, 3.05) is 24.2 Å². The molecule has 36 heavy (non-hydrogen) atoms. The normalized spacial score (nSPS) is 12.0. The maximum atomic E-state index is 13.8. The van der Waals surface area contributed by atoms with Crippen LogP contribution in [0.1, 0.15) is 11.1 Å². The third kappa shape index (κ3) is 7.00. The summed E-state index contributed by atoms with van der Waals surface area (Å²) in [5.74, 6) is -0.965. The molecule has 1 atom stereocenters. The molecule has 0 aliphatic carbocycles. The number of amides is 2. The molecular formula is C26H27Cl2N3O4S. The van der Waals surface area contributed by atoms with Crippen LogP contribution in [0.2, 0.25) is 10.0 Å². The lowest BCUT2D eigenvalue weighted by atomic mass is 10.0. The number of nitrogens with zero attached hydrogens (tertiary/aromatic N) is 2. The smallest absolute Gasteiger partial charge is 0.244 e. The van der Waals surface area contributed by atoms with Crippen molar-refractivity contribution in [2.24, 2.45) is 0 Å². The second-order valence-corrected chi connectivity index (χ2v) is 10.9. The summed E-state index contributed by atoms with van der Waals surface area (Å²) < 4.78 is 26.3. The lowest BCUT2D eigenvalue weighted by Crippen LogP contribution is -2.53. The van der Waals surface area contributed by atoms with Gasteiger partial charge < -0.3 is 10.2 Å². The molecule has 3 rings (SSSR count). The van der Waals surface area contributed by atoms with Crippen molar-refractivity contribution in [1.82, 2.24) is 10.2 Å². The van der Waals surface area contributed by atoms with Crippen LogP contribution in [0.5, 0.6) is 0 Å². The third-order valence-corrected chi connectivity index (χ3v) is 7.43. The molecule has 190 valence electrons. The van der Waals surface area contributed by atoms with Gasteiger partial charge in [0, 0.05) is 25.0 Å². The van der Waals surface area contributed by atoms with Crippen molar-refractivity contribution in [2.45, 2.75) is 19.0 Å². The number of halogens is 2. The maximum absolute atomic E-state index is 13.8. The Hall–Kier alpha value is -3.07. The van der Waals surface area contributed by atoms with Gasteiger partial charge in [-0.25, -0.2) is 8.42 Å². The molecule has 0 aliphatic rings. The summed E-state index contributed by atoms with van der Waals surface area (Å²) in [6.07, 6.45) is 1.23. The summed E-state index contributed by atoms with van der Waals surface area (Å²) in [6, 6.07) is 21.7. The third-order valence-electron chi connectivity index (χ3n) is 5.62. The molecular weight excluding hydrogens is 521 g/mol. The molecule has 0 radical (unpaired) electrons. The van der Waals surface area contributed by atoms with E-state index in [4.69, 9.17) is 23.2 Å². The Bertz CT molecular complexity index is 1320. The molecule has 1 N–H and O–H groups in total. The van der Waals surface area contributed by atoms with Crippen LogP contribution in [-0.4, -0.2) is 51.0 Å². The lowest BCUT2D eigenvalue weighted by molar-refractivity contribution is -0.139. The second-order valence-electron chi connectivity index (χ2n) is 8.15. The minimum atomic E-state index is -3.89. The van der Waals surface area contributed by atoms with E-state index in [1.54, 1.807) is 42.5 Å². The highest BCUT2D eigenvalue weighted by atomic mass is 35.5. The van der Waals surface area contributed by atoms with Crippen molar-refractivity contribution in [3.8, 4) is 0 Å². The summed E-state index contributed by atoms with van der Waals surface area (Å²) in [7, 11) is -2.39. The van der Waals surface area contributed by atoms with E-state index < -0.39 is 28.5 Å². The molecule has 3 aromatic carbocycles. The molecule has 10 heteroatoms. The van der Waals surface area contributed by atoms with Crippen LogP contribution in [0.15, 0.2) is 78.9 Å². The SMILES string of the molecule is CNC(=O)C(Cc1ccccc1)N(Cc1ccccc1Cl)C(=O)CN(c1ccccc1Cl)S(C)(=O)=O. The predicted octanol–water partition coefficient (Wildman–Crippen LogP) is 4.15. The van der Waals surface area contributed by atoms with Crippen LogP contribution in [0.4, 0.5) is 5.69 Å². The second kappa shape index (κ2) is 12.3. The summed E-state index contributed by atoms with van der Waals surface area (Å²) >= 11 is 12.7. The fourth-order valence-corrected chi connectivity index (χ4v) is 5.12. The molecule has 2 amide bonds. The van der Waals surface area contributed by atoms with Crippen LogP contribution in [0.25, 0.3) is 0 Å². The zero-order chi connectivity index (χ0) is 26.3. The summed E-state index contributed by atoms with van der Waals surface area (Å²) in [5, 5.41) is 3.24. The Kier molecular flexibility index (Phi) is 9.37. The Morgan fingerprint density at radius 1 is 0.889 bits per heavy atom. The van der Waals surface area contributed by atoms with E-state index in [0.29, 0.717) is 10.6 Å². The fourth-order valence-electron chi connectivity index (χ4n) is 3.78. The highest BCUT2D eigenvalue weighted by Gasteiger charge is 2.33. The molecule has 0 saturated carbocycles. The van der Waals surface area contributed by atoms with Gasteiger partial charge in [-0.05, 0) is 29.3 Å². The van der Waals surface area contributed by atoms with Crippen LogP contribution in [-0.2, 0) is 32.6 Å². The first-order chi connectivity index (χ1) is 17.1. The number of hydrogen-bond acceptors (Lipinski definition) is 4. The van der Waals surface area contributed by atoms with Crippen LogP contribution < -0.4 is 9.62 Å². The minimum absolute atomic E-state index is 0.00352. The van der Waals surface area contributed by atoms with Gasteiger partial charge in [-0.2, -0.15) is 0 Å². The quantitative estimate of drug-likeness (QED) is 0.413. The number of hydrogen-bond donors (Lipinski definition) is 1. The highest BCUT2D eigenvalue weighted by Crippen LogP contribution is 2.28. The molecule has 0 aliphatic heterocycles. The zero-order valence-electron chi connectivity index (χ0n) is 19.9. The number of para-hydroxylation sites is 1. The highest BCUT2D eigenvalue weighted by molar-refractivity contribution is 7.92. The number of anilines is 1. The lowest BCUT2D eigenvalue weighted by Gasteiger charge is -2.33. The van der Waals surface area contributed by atoms with Crippen molar-refractivity contribution < 1.29 is 18.0 Å². The summed E-state index contributed by atoms with van der Waals surface area (Å²) in [5.41, 5.74) is 1.64. The number of carbonyl (C=O) groups excluding carboxylic acids is 2. The Morgan fingerprint density at radius 3 is 2.06 bits per heavy atom. The summed E-state index contributed by atoms with van der Waals surface area (Å²) in [6.45, 7) is -0.543. The van der Waals surface area contributed by atoms with E-state index in [2.05, 4.69) is 5.32 Å². The minimum Gasteiger partial charge on any atom is -0.357 e. The van der Waals surface area contributed by atoms with E-state index in [-0.39, 0.29) is 29.6 Å². The van der Waals surface area contributed by atoms with Crippen molar-refractivity contribution in [3.63, 3.8) is 0 Å². The van der Waals surface area contributed by atoms with Gasteiger partial charge in [-0.3, -0.25) is 13.9 Å². The molecule has 1 unspecified atom stereocenters. The number of carbonyl (C=O) groups is 2. The average Bonchev–Trinajstić information content (AvgIpc) is 2.85. The van der Waals surface area contributed by atoms with Crippen LogP contribution in [0.3, 0.4) is 0 Å². The van der Waals surface area contributed by atoms with Gasteiger partial charge >= 0.3 is 0 Å². The molecule has 0 aromatic heterocycles. The molecule has 7 nitrogen and oxygen atoms in total. The topological polar surface area (TPSA) is 86.8 Å². The van der Waals surface area contributed by atoms with E-state index in [1.807, 2.05) is 30.3 Å². The van der Waals surface area contributed by atoms with Gasteiger partial charge in [0.25, 0.3) is 0 Å². The van der Waals surface area contributed by atoms with Gasteiger partial charge in [0.05, 0.1) is 17.0 Å². The van der Waals surface area contributed by atoms with Crippen LogP contribution >= 0.6 is 23.2 Å². The Labute approximate surface area is 221 Å². The zero-order valence-corrected chi connectivity index (χ0v) is 22.2. The van der Waals surface area contributed by atoms with Gasteiger partial charge in [-0.1, -0.05) is 83.9 Å². The summed E-state index contributed by atoms with van der Waals surface area (Å²) in [4.78, 5) is 28.2. The standard InChI is InChI=1S/C26H27Cl2N3O4S/c1-29-26(33)24(16-19-10-4-3-5-11-19)30(17-20-12-6-7-13-21(20)27)25(32)18-31(36(2,34)35)23-15-9-8-14-22(23)28/h3-15,24H,16-18H2,1-2H3,(H,29,33). The molecule has 0 bridgehead atoms. The van der Waals surface area contributed by atoms with Gasteiger partial charge in [0.1, 0.15) is 12.6 Å². The number of nitrogens with one attached hydrogen (secondary N) is 1.